The van der Waals surface area contributed by atoms with E-state index >= 15 is 0 Å². The molecule has 1 heterocycles. The Morgan fingerprint density at radius 3 is 2.71 bits per heavy atom. The summed E-state index contributed by atoms with van der Waals surface area (Å²) >= 11 is 6.25. The standard InChI is InChI=1S/C17H22ClNO2/c1-11-5-6-14-12(7-11)8-15(21-14)16(20)19-10-13(18)9-17(2,3)4/h5-8,13H,9-10H2,1-4H3,(H,19,20). The number of carbonyl (C=O) groups is 1. The zero-order valence-corrected chi connectivity index (χ0v) is 13.8. The first kappa shape index (κ1) is 15.9. The molecule has 0 saturated heterocycles. The average molecular weight is 308 g/mol. The summed E-state index contributed by atoms with van der Waals surface area (Å²) in [6, 6.07) is 7.61. The summed E-state index contributed by atoms with van der Waals surface area (Å²) in [5.41, 5.74) is 2.01. The van der Waals surface area contributed by atoms with Gasteiger partial charge in [0, 0.05) is 11.9 Å². The number of carbonyl (C=O) groups excluding carboxylic acids is 1. The van der Waals surface area contributed by atoms with Gasteiger partial charge >= 0.3 is 0 Å². The van der Waals surface area contributed by atoms with Gasteiger partial charge in [0.05, 0.1) is 5.38 Å². The third-order valence-corrected chi connectivity index (χ3v) is 3.52. The molecular weight excluding hydrogens is 286 g/mol. The van der Waals surface area contributed by atoms with E-state index < -0.39 is 0 Å². The van der Waals surface area contributed by atoms with Gasteiger partial charge in [-0.3, -0.25) is 4.79 Å². The molecule has 1 aromatic heterocycles. The van der Waals surface area contributed by atoms with Crippen molar-refractivity contribution < 1.29 is 9.21 Å². The first-order chi connectivity index (χ1) is 9.74. The summed E-state index contributed by atoms with van der Waals surface area (Å²) < 4.78 is 5.56. The molecule has 0 aliphatic heterocycles. The number of fused-ring (bicyclic) bond motifs is 1. The average Bonchev–Trinajstić information content (AvgIpc) is 2.76. The molecule has 114 valence electrons. The van der Waals surface area contributed by atoms with Crippen LogP contribution in [0.2, 0.25) is 0 Å². The fourth-order valence-electron chi connectivity index (χ4n) is 2.30. The van der Waals surface area contributed by atoms with Gasteiger partial charge in [0.1, 0.15) is 5.58 Å². The maximum atomic E-state index is 12.1. The second kappa shape index (κ2) is 6.10. The van der Waals surface area contributed by atoms with Crippen LogP contribution in [-0.4, -0.2) is 17.8 Å². The van der Waals surface area contributed by atoms with Crippen LogP contribution in [0.4, 0.5) is 0 Å². The first-order valence-electron chi connectivity index (χ1n) is 7.17. The van der Waals surface area contributed by atoms with Crippen molar-refractivity contribution >= 4 is 28.5 Å². The van der Waals surface area contributed by atoms with Crippen LogP contribution in [0, 0.1) is 12.3 Å². The highest BCUT2D eigenvalue weighted by molar-refractivity contribution is 6.21. The Morgan fingerprint density at radius 2 is 2.05 bits per heavy atom. The van der Waals surface area contributed by atoms with Crippen molar-refractivity contribution in [2.75, 3.05) is 6.54 Å². The fraction of sp³-hybridized carbons (Fsp3) is 0.471. The van der Waals surface area contributed by atoms with Gasteiger partial charge in [-0.1, -0.05) is 32.4 Å². The van der Waals surface area contributed by atoms with Crippen LogP contribution < -0.4 is 5.32 Å². The fourth-order valence-corrected chi connectivity index (χ4v) is 2.84. The van der Waals surface area contributed by atoms with E-state index in [0.717, 1.165) is 23.0 Å². The molecule has 0 fully saturated rings. The van der Waals surface area contributed by atoms with Crippen molar-refractivity contribution in [1.82, 2.24) is 5.32 Å². The number of furan rings is 1. The Bertz CT molecular complexity index is 640. The number of hydrogen-bond donors (Lipinski definition) is 1. The number of hydrogen-bond acceptors (Lipinski definition) is 2. The van der Waals surface area contributed by atoms with E-state index in [4.69, 9.17) is 16.0 Å². The van der Waals surface area contributed by atoms with Gasteiger partial charge in [-0.05, 0) is 37.0 Å². The number of benzene rings is 1. The maximum Gasteiger partial charge on any atom is 0.287 e. The Labute approximate surface area is 130 Å². The number of amides is 1. The van der Waals surface area contributed by atoms with E-state index in [2.05, 4.69) is 26.1 Å². The van der Waals surface area contributed by atoms with Crippen LogP contribution in [0.15, 0.2) is 28.7 Å². The molecule has 2 rings (SSSR count). The predicted octanol–water partition coefficient (Wildman–Crippen LogP) is 4.51. The lowest BCUT2D eigenvalue weighted by Gasteiger charge is -2.21. The summed E-state index contributed by atoms with van der Waals surface area (Å²) in [7, 11) is 0. The second-order valence-electron chi connectivity index (χ2n) is 6.72. The molecule has 0 aliphatic rings. The number of alkyl halides is 1. The van der Waals surface area contributed by atoms with E-state index in [1.165, 1.54) is 0 Å². The smallest absolute Gasteiger partial charge is 0.287 e. The van der Waals surface area contributed by atoms with Crippen LogP contribution in [-0.2, 0) is 0 Å². The monoisotopic (exact) mass is 307 g/mol. The minimum absolute atomic E-state index is 0.0828. The molecule has 1 atom stereocenters. The SMILES string of the molecule is Cc1ccc2oc(C(=O)NCC(Cl)CC(C)(C)C)cc2c1. The molecular formula is C17H22ClNO2. The largest absolute Gasteiger partial charge is 0.451 e. The van der Waals surface area contributed by atoms with Gasteiger partial charge in [-0.25, -0.2) is 0 Å². The number of halogens is 1. The summed E-state index contributed by atoms with van der Waals surface area (Å²) in [6.45, 7) is 8.84. The lowest BCUT2D eigenvalue weighted by Crippen LogP contribution is -2.31. The zero-order valence-electron chi connectivity index (χ0n) is 13.0. The third kappa shape index (κ3) is 4.50. The normalized spacial score (nSPS) is 13.4. The van der Waals surface area contributed by atoms with Crippen LogP contribution in [0.1, 0.15) is 43.3 Å². The van der Waals surface area contributed by atoms with E-state index in [9.17, 15) is 4.79 Å². The van der Waals surface area contributed by atoms with E-state index in [1.54, 1.807) is 6.07 Å². The molecule has 3 nitrogen and oxygen atoms in total. The molecule has 1 aromatic carbocycles. The predicted molar refractivity (Wildman–Crippen MR) is 87.0 cm³/mol. The molecule has 0 spiro atoms. The summed E-state index contributed by atoms with van der Waals surface area (Å²) in [5, 5.41) is 3.69. The van der Waals surface area contributed by atoms with E-state index in [0.29, 0.717) is 12.3 Å². The molecule has 1 N–H and O–H groups in total. The minimum Gasteiger partial charge on any atom is -0.451 e. The lowest BCUT2D eigenvalue weighted by molar-refractivity contribution is 0.0926. The molecule has 0 radical (unpaired) electrons. The molecule has 1 unspecified atom stereocenters. The minimum atomic E-state index is -0.219. The van der Waals surface area contributed by atoms with Crippen molar-refractivity contribution in [3.63, 3.8) is 0 Å². The molecule has 21 heavy (non-hydrogen) atoms. The van der Waals surface area contributed by atoms with E-state index in [-0.39, 0.29) is 16.7 Å². The lowest BCUT2D eigenvalue weighted by atomic mass is 9.90. The van der Waals surface area contributed by atoms with Crippen LogP contribution >= 0.6 is 11.6 Å². The maximum absolute atomic E-state index is 12.1. The van der Waals surface area contributed by atoms with Gasteiger partial charge in [0.2, 0.25) is 0 Å². The highest BCUT2D eigenvalue weighted by atomic mass is 35.5. The molecule has 2 aromatic rings. The Balaban J connectivity index is 1.99. The Kier molecular flexibility index (Phi) is 4.62. The highest BCUT2D eigenvalue weighted by Crippen LogP contribution is 2.23. The van der Waals surface area contributed by atoms with Crippen molar-refractivity contribution in [2.45, 2.75) is 39.5 Å². The quantitative estimate of drug-likeness (QED) is 0.844. The van der Waals surface area contributed by atoms with Crippen molar-refractivity contribution in [2.24, 2.45) is 5.41 Å². The van der Waals surface area contributed by atoms with Crippen LogP contribution in [0.3, 0.4) is 0 Å². The molecule has 4 heteroatoms. The first-order valence-corrected chi connectivity index (χ1v) is 7.61. The van der Waals surface area contributed by atoms with Gasteiger partial charge in [0.15, 0.2) is 5.76 Å². The van der Waals surface area contributed by atoms with Gasteiger partial charge < -0.3 is 9.73 Å². The van der Waals surface area contributed by atoms with Crippen molar-refractivity contribution in [3.05, 3.63) is 35.6 Å². The van der Waals surface area contributed by atoms with E-state index in [1.807, 2.05) is 25.1 Å². The van der Waals surface area contributed by atoms with Crippen molar-refractivity contribution in [3.8, 4) is 0 Å². The number of aryl methyl sites for hydroxylation is 1. The molecule has 1 amide bonds. The summed E-state index contributed by atoms with van der Waals surface area (Å²) in [5.74, 6) is 0.110. The van der Waals surface area contributed by atoms with Crippen LogP contribution in [0.25, 0.3) is 11.0 Å². The molecule has 0 saturated carbocycles. The van der Waals surface area contributed by atoms with Gasteiger partial charge in [-0.2, -0.15) is 0 Å². The topological polar surface area (TPSA) is 42.2 Å². The molecule has 0 aliphatic carbocycles. The summed E-state index contributed by atoms with van der Waals surface area (Å²) in [4.78, 5) is 12.1. The third-order valence-electron chi connectivity index (χ3n) is 3.21. The second-order valence-corrected chi connectivity index (χ2v) is 7.34. The summed E-state index contributed by atoms with van der Waals surface area (Å²) in [6.07, 6.45) is 0.841. The number of nitrogens with one attached hydrogen (secondary N) is 1. The number of rotatable bonds is 4. The van der Waals surface area contributed by atoms with Crippen molar-refractivity contribution in [1.29, 1.82) is 0 Å². The molecule has 0 bridgehead atoms. The Hall–Kier alpha value is -1.48. The van der Waals surface area contributed by atoms with Crippen LogP contribution in [0.5, 0.6) is 0 Å². The Morgan fingerprint density at radius 1 is 1.33 bits per heavy atom. The van der Waals surface area contributed by atoms with Gasteiger partial charge in [0.25, 0.3) is 5.91 Å². The van der Waals surface area contributed by atoms with Gasteiger partial charge in [-0.15, -0.1) is 11.6 Å². The zero-order chi connectivity index (χ0) is 15.6. The highest BCUT2D eigenvalue weighted by Gasteiger charge is 2.18.